The van der Waals surface area contributed by atoms with E-state index in [0.29, 0.717) is 0 Å². The molecule has 1 amide bonds. The molecule has 1 N–H and O–H groups in total. The minimum absolute atomic E-state index is 0.0321. The molecule has 0 aliphatic rings. The number of nitro groups is 1. The summed E-state index contributed by atoms with van der Waals surface area (Å²) >= 11 is 5.83. The van der Waals surface area contributed by atoms with E-state index >= 15 is 4.39 Å². The second-order valence-electron chi connectivity index (χ2n) is 10.0. The molecular formula is C28H28ClF3N4O7. The lowest BCUT2D eigenvalue weighted by atomic mass is 10.1. The highest BCUT2D eigenvalue weighted by Gasteiger charge is 2.27. The van der Waals surface area contributed by atoms with E-state index in [1.54, 1.807) is 20.8 Å². The Labute approximate surface area is 249 Å². The largest absolute Gasteiger partial charge is 0.481 e. The lowest BCUT2D eigenvalue weighted by Crippen LogP contribution is -2.38. The van der Waals surface area contributed by atoms with Crippen LogP contribution in [0.15, 0.2) is 36.4 Å². The smallest absolute Gasteiger partial charge is 0.410 e. The van der Waals surface area contributed by atoms with Gasteiger partial charge in [0.1, 0.15) is 17.1 Å². The summed E-state index contributed by atoms with van der Waals surface area (Å²) in [7, 11) is 2.41. The van der Waals surface area contributed by atoms with E-state index in [9.17, 15) is 28.5 Å². The molecule has 0 atom stereocenters. The number of anilines is 2. The maximum absolute atomic E-state index is 15.3. The molecule has 1 heterocycles. The molecule has 1 aromatic heterocycles. The molecule has 15 heteroatoms. The maximum Gasteiger partial charge on any atom is 0.410 e. The number of nitrogens with one attached hydrogen (secondary N) is 1. The van der Waals surface area contributed by atoms with Crippen LogP contribution >= 0.6 is 11.6 Å². The standard InChI is InChI=1S/C28H28ClF3N4O7/c1-28(2,3)43-27(38)35(11-10-21-23(36(39)40)8-9-24(34-21)41-4)14-16-20(7-6-18(30)25(16)32)33-22-13-19(31)17(29)12-15(22)26(37)42-5/h6-9,12-13,33H,10-11,14H2,1-5H3. The van der Waals surface area contributed by atoms with Crippen molar-refractivity contribution in [3.63, 3.8) is 0 Å². The summed E-state index contributed by atoms with van der Waals surface area (Å²) in [5.74, 6) is -4.33. The van der Waals surface area contributed by atoms with Gasteiger partial charge in [0.05, 0.1) is 42.0 Å². The summed E-state index contributed by atoms with van der Waals surface area (Å²) in [4.78, 5) is 41.6. The SMILES string of the molecule is COC(=O)c1cc(Cl)c(F)cc1Nc1ccc(F)c(F)c1CN(CCc1nc(OC)ccc1[N+](=O)[O-])C(=O)OC(C)(C)C. The van der Waals surface area contributed by atoms with Gasteiger partial charge in [0.25, 0.3) is 5.69 Å². The molecule has 0 spiro atoms. The molecule has 0 aliphatic heterocycles. The number of ether oxygens (including phenoxy) is 3. The Morgan fingerprint density at radius 1 is 1.07 bits per heavy atom. The van der Waals surface area contributed by atoms with Crippen LogP contribution in [0, 0.1) is 27.6 Å². The number of esters is 1. The predicted molar refractivity (Wildman–Crippen MR) is 150 cm³/mol. The van der Waals surface area contributed by atoms with Crippen molar-refractivity contribution in [3.8, 4) is 5.88 Å². The molecule has 3 rings (SSSR count). The van der Waals surface area contributed by atoms with Crippen LogP contribution in [0.1, 0.15) is 42.4 Å². The molecule has 43 heavy (non-hydrogen) atoms. The Balaban J connectivity index is 2.06. The Morgan fingerprint density at radius 3 is 2.37 bits per heavy atom. The molecular weight excluding hydrogens is 597 g/mol. The molecule has 0 unspecified atom stereocenters. The first-order chi connectivity index (χ1) is 20.1. The number of carbonyl (C=O) groups excluding carboxylic acids is 2. The van der Waals surface area contributed by atoms with Gasteiger partial charge in [0.15, 0.2) is 11.6 Å². The van der Waals surface area contributed by atoms with E-state index in [-0.39, 0.29) is 52.2 Å². The number of nitrogens with zero attached hydrogens (tertiary/aromatic N) is 3. The summed E-state index contributed by atoms with van der Waals surface area (Å²) < 4.78 is 59.4. The third-order valence-electron chi connectivity index (χ3n) is 5.88. The average molecular weight is 625 g/mol. The number of benzene rings is 2. The fourth-order valence-corrected chi connectivity index (χ4v) is 4.03. The molecule has 3 aromatic rings. The Bertz CT molecular complexity index is 1550. The maximum atomic E-state index is 15.3. The van der Waals surface area contributed by atoms with Gasteiger partial charge in [-0.25, -0.2) is 27.7 Å². The van der Waals surface area contributed by atoms with Crippen molar-refractivity contribution in [2.45, 2.75) is 39.3 Å². The van der Waals surface area contributed by atoms with Gasteiger partial charge in [-0.05, 0) is 45.0 Å². The summed E-state index contributed by atoms with van der Waals surface area (Å²) in [6.07, 6.45) is -1.14. The molecule has 0 saturated carbocycles. The average Bonchev–Trinajstić information content (AvgIpc) is 2.94. The van der Waals surface area contributed by atoms with E-state index in [1.165, 1.54) is 19.2 Å². The molecule has 2 aromatic carbocycles. The minimum atomic E-state index is -1.35. The Kier molecular flexibility index (Phi) is 10.4. The van der Waals surface area contributed by atoms with Crippen LogP contribution in [-0.2, 0) is 22.4 Å². The summed E-state index contributed by atoms with van der Waals surface area (Å²) in [6.45, 7) is 3.89. The molecule has 0 aliphatic carbocycles. The van der Waals surface area contributed by atoms with E-state index in [2.05, 4.69) is 10.3 Å². The number of aromatic nitrogens is 1. The van der Waals surface area contributed by atoms with E-state index in [4.69, 9.17) is 25.8 Å². The molecule has 0 radical (unpaired) electrons. The van der Waals surface area contributed by atoms with Crippen LogP contribution in [0.25, 0.3) is 0 Å². The second-order valence-corrected chi connectivity index (χ2v) is 10.5. The number of amides is 1. The summed E-state index contributed by atoms with van der Waals surface area (Å²) in [5, 5.41) is 13.9. The van der Waals surface area contributed by atoms with Crippen LogP contribution in [-0.4, -0.2) is 53.2 Å². The second kappa shape index (κ2) is 13.6. The highest BCUT2D eigenvalue weighted by molar-refractivity contribution is 6.31. The van der Waals surface area contributed by atoms with Crippen molar-refractivity contribution in [3.05, 3.63) is 85.8 Å². The van der Waals surface area contributed by atoms with Crippen molar-refractivity contribution in [1.82, 2.24) is 9.88 Å². The minimum Gasteiger partial charge on any atom is -0.481 e. The van der Waals surface area contributed by atoms with E-state index in [0.717, 1.165) is 36.3 Å². The number of pyridine rings is 1. The fraction of sp³-hybridized carbons (Fsp3) is 0.321. The van der Waals surface area contributed by atoms with Crippen molar-refractivity contribution in [2.24, 2.45) is 0 Å². The lowest BCUT2D eigenvalue weighted by Gasteiger charge is -2.28. The van der Waals surface area contributed by atoms with Gasteiger partial charge in [-0.15, -0.1) is 0 Å². The number of rotatable bonds is 10. The highest BCUT2D eigenvalue weighted by Crippen LogP contribution is 2.32. The first-order valence-electron chi connectivity index (χ1n) is 12.6. The van der Waals surface area contributed by atoms with Gasteiger partial charge in [0, 0.05) is 36.3 Å². The third kappa shape index (κ3) is 8.25. The monoisotopic (exact) mass is 624 g/mol. The molecule has 0 saturated heterocycles. The van der Waals surface area contributed by atoms with Gasteiger partial charge >= 0.3 is 12.1 Å². The number of halogens is 4. The van der Waals surface area contributed by atoms with Crippen LogP contribution in [0.2, 0.25) is 5.02 Å². The van der Waals surface area contributed by atoms with Gasteiger partial charge < -0.3 is 24.4 Å². The zero-order valence-electron chi connectivity index (χ0n) is 23.8. The molecule has 230 valence electrons. The first kappa shape index (κ1) is 32.9. The van der Waals surface area contributed by atoms with Crippen molar-refractivity contribution in [1.29, 1.82) is 0 Å². The number of hydrogen-bond acceptors (Lipinski definition) is 9. The van der Waals surface area contributed by atoms with Crippen LogP contribution in [0.3, 0.4) is 0 Å². The van der Waals surface area contributed by atoms with E-state index in [1.807, 2.05) is 0 Å². The fourth-order valence-electron chi connectivity index (χ4n) is 3.87. The zero-order chi connectivity index (χ0) is 32.1. The molecule has 0 fully saturated rings. The van der Waals surface area contributed by atoms with Crippen molar-refractivity contribution < 1.29 is 41.9 Å². The number of carbonyl (C=O) groups is 2. The molecule has 0 bridgehead atoms. The van der Waals surface area contributed by atoms with Crippen LogP contribution < -0.4 is 10.1 Å². The van der Waals surface area contributed by atoms with Crippen molar-refractivity contribution >= 4 is 40.7 Å². The summed E-state index contributed by atoms with van der Waals surface area (Å²) in [5.41, 5.74) is -2.28. The Morgan fingerprint density at radius 2 is 1.77 bits per heavy atom. The number of methoxy groups -OCH3 is 2. The number of hydrogen-bond donors (Lipinski definition) is 1. The van der Waals surface area contributed by atoms with Crippen LogP contribution in [0.4, 0.5) is 35.0 Å². The first-order valence-corrected chi connectivity index (χ1v) is 13.0. The van der Waals surface area contributed by atoms with Gasteiger partial charge in [-0.1, -0.05) is 11.6 Å². The predicted octanol–water partition coefficient (Wildman–Crippen LogP) is 6.58. The summed E-state index contributed by atoms with van der Waals surface area (Å²) in [6, 6.07) is 6.30. The Hall–Kier alpha value is -4.59. The lowest BCUT2D eigenvalue weighted by molar-refractivity contribution is -0.386. The third-order valence-corrected chi connectivity index (χ3v) is 6.17. The van der Waals surface area contributed by atoms with E-state index < -0.39 is 52.1 Å². The van der Waals surface area contributed by atoms with Gasteiger partial charge in [-0.2, -0.15) is 0 Å². The van der Waals surface area contributed by atoms with Crippen molar-refractivity contribution in [2.75, 3.05) is 26.1 Å². The van der Waals surface area contributed by atoms with Gasteiger partial charge in [-0.3, -0.25) is 10.1 Å². The molecule has 11 nitrogen and oxygen atoms in total. The zero-order valence-corrected chi connectivity index (χ0v) is 24.6. The highest BCUT2D eigenvalue weighted by atomic mass is 35.5. The quantitative estimate of drug-likeness (QED) is 0.151. The normalized spacial score (nSPS) is 11.1. The van der Waals surface area contributed by atoms with Crippen LogP contribution in [0.5, 0.6) is 5.88 Å². The topological polar surface area (TPSA) is 133 Å². The van der Waals surface area contributed by atoms with Gasteiger partial charge in [0.2, 0.25) is 5.88 Å².